The molecule has 2 heterocycles. The average Bonchev–Trinajstić information content (AvgIpc) is 3.08. The van der Waals surface area contributed by atoms with E-state index in [2.05, 4.69) is 22.4 Å². The summed E-state index contributed by atoms with van der Waals surface area (Å²) in [5.41, 5.74) is 1.21. The number of hydrogen-bond donors (Lipinski definition) is 1. The monoisotopic (exact) mass is 366 g/mol. The van der Waals surface area contributed by atoms with E-state index in [1.807, 2.05) is 43.3 Å². The molecule has 5 nitrogen and oxygen atoms in total. The van der Waals surface area contributed by atoms with Crippen LogP contribution in [0.2, 0.25) is 0 Å². The first-order chi connectivity index (χ1) is 12.7. The number of benzene rings is 2. The smallest absolute Gasteiger partial charge is 0.271 e. The third-order valence-corrected chi connectivity index (χ3v) is 5.02. The Morgan fingerprint density at radius 1 is 1.08 bits per heavy atom. The van der Waals surface area contributed by atoms with Gasteiger partial charge in [0.2, 0.25) is 6.10 Å². The highest BCUT2D eigenvalue weighted by atomic mass is 32.1. The van der Waals surface area contributed by atoms with Crippen LogP contribution in [0.3, 0.4) is 0 Å². The summed E-state index contributed by atoms with van der Waals surface area (Å²) in [4.78, 5) is 18.0. The highest BCUT2D eigenvalue weighted by molar-refractivity contribution is 7.15. The summed E-state index contributed by atoms with van der Waals surface area (Å²) >= 11 is 1.47. The van der Waals surface area contributed by atoms with E-state index in [1.165, 1.54) is 16.9 Å². The minimum Gasteiger partial charge on any atom is -0.482 e. The molecule has 1 N–H and O–H groups in total. The highest BCUT2D eigenvalue weighted by Crippen LogP contribution is 2.34. The van der Waals surface area contributed by atoms with E-state index in [1.54, 1.807) is 12.3 Å². The van der Waals surface area contributed by atoms with Crippen LogP contribution in [0, 0.1) is 0 Å². The number of carbonyl (C=O) groups is 1. The van der Waals surface area contributed by atoms with E-state index in [-0.39, 0.29) is 12.0 Å². The van der Waals surface area contributed by atoms with Crippen molar-refractivity contribution in [1.82, 2.24) is 4.98 Å². The Labute approximate surface area is 155 Å². The lowest BCUT2D eigenvalue weighted by Crippen LogP contribution is -2.46. The zero-order valence-electron chi connectivity index (χ0n) is 14.2. The summed E-state index contributed by atoms with van der Waals surface area (Å²) < 4.78 is 11.6. The number of nitrogens with one attached hydrogen (secondary N) is 1. The molecular formula is C20H18N2O3S. The molecule has 0 fully saturated rings. The average molecular weight is 366 g/mol. The first-order valence-corrected chi connectivity index (χ1v) is 9.22. The number of fused-ring (bicyclic) bond motifs is 1. The lowest BCUT2D eigenvalue weighted by molar-refractivity contribution is -0.128. The molecule has 2 aromatic carbocycles. The molecule has 1 aliphatic rings. The lowest BCUT2D eigenvalue weighted by Gasteiger charge is -2.30. The molecule has 0 radical (unpaired) electrons. The van der Waals surface area contributed by atoms with Gasteiger partial charge >= 0.3 is 0 Å². The van der Waals surface area contributed by atoms with Crippen LogP contribution in [0.1, 0.15) is 17.4 Å². The summed E-state index contributed by atoms with van der Waals surface area (Å²) in [5, 5.41) is 3.41. The van der Waals surface area contributed by atoms with Crippen molar-refractivity contribution in [1.29, 1.82) is 0 Å². The fourth-order valence-electron chi connectivity index (χ4n) is 2.83. The van der Waals surface area contributed by atoms with Gasteiger partial charge in [0.1, 0.15) is 6.10 Å². The number of rotatable bonds is 4. The van der Waals surface area contributed by atoms with E-state index in [0.29, 0.717) is 16.6 Å². The van der Waals surface area contributed by atoms with Crippen molar-refractivity contribution in [2.24, 2.45) is 0 Å². The Hall–Kier alpha value is -2.86. The zero-order valence-corrected chi connectivity index (χ0v) is 15.0. The molecule has 132 valence electrons. The van der Waals surface area contributed by atoms with E-state index < -0.39 is 6.10 Å². The van der Waals surface area contributed by atoms with Crippen LogP contribution in [0.4, 0.5) is 5.13 Å². The molecule has 6 heteroatoms. The molecule has 1 aliphatic heterocycles. The van der Waals surface area contributed by atoms with E-state index >= 15 is 0 Å². The number of amides is 1. The number of aromatic nitrogens is 1. The normalized spacial score (nSPS) is 18.3. The Bertz CT molecular complexity index is 910. The molecule has 0 saturated carbocycles. The molecule has 26 heavy (non-hydrogen) atoms. The second-order valence-corrected chi connectivity index (χ2v) is 7.21. The number of para-hydroxylation sites is 2. The molecule has 0 spiro atoms. The number of carbonyl (C=O) groups excluding carboxylic acids is 1. The van der Waals surface area contributed by atoms with Crippen LogP contribution in [-0.4, -0.2) is 23.1 Å². The first-order valence-electron chi connectivity index (χ1n) is 8.41. The maximum absolute atomic E-state index is 12.6. The topological polar surface area (TPSA) is 60.5 Å². The maximum Gasteiger partial charge on any atom is 0.271 e. The number of anilines is 1. The number of hydrogen-bond acceptors (Lipinski definition) is 5. The zero-order chi connectivity index (χ0) is 17.9. The van der Waals surface area contributed by atoms with Crippen LogP contribution >= 0.6 is 11.3 Å². The van der Waals surface area contributed by atoms with Gasteiger partial charge in [-0.1, -0.05) is 42.5 Å². The van der Waals surface area contributed by atoms with E-state index in [0.717, 1.165) is 11.3 Å². The van der Waals surface area contributed by atoms with Crippen molar-refractivity contribution in [2.45, 2.75) is 25.6 Å². The van der Waals surface area contributed by atoms with Crippen LogP contribution in [0.25, 0.3) is 0 Å². The summed E-state index contributed by atoms with van der Waals surface area (Å²) in [6.45, 7) is 1.82. The Balaban J connectivity index is 1.42. The highest BCUT2D eigenvalue weighted by Gasteiger charge is 2.34. The molecule has 1 amide bonds. The summed E-state index contributed by atoms with van der Waals surface area (Å²) in [5.74, 6) is 0.978. The predicted molar refractivity (Wildman–Crippen MR) is 101 cm³/mol. The summed E-state index contributed by atoms with van der Waals surface area (Å²) in [7, 11) is 0. The predicted octanol–water partition coefficient (Wildman–Crippen LogP) is 3.90. The molecule has 2 atom stereocenters. The first kappa shape index (κ1) is 16.6. The van der Waals surface area contributed by atoms with Gasteiger partial charge in [-0.3, -0.25) is 10.1 Å². The van der Waals surface area contributed by atoms with Crippen LogP contribution < -0.4 is 14.8 Å². The van der Waals surface area contributed by atoms with Gasteiger partial charge in [-0.25, -0.2) is 4.98 Å². The van der Waals surface area contributed by atoms with E-state index in [4.69, 9.17) is 9.47 Å². The van der Waals surface area contributed by atoms with Crippen molar-refractivity contribution in [2.75, 3.05) is 5.32 Å². The fourth-order valence-corrected chi connectivity index (χ4v) is 3.68. The van der Waals surface area contributed by atoms with Gasteiger partial charge < -0.3 is 9.47 Å². The van der Waals surface area contributed by atoms with Gasteiger partial charge in [-0.2, -0.15) is 0 Å². The molecular weight excluding hydrogens is 348 g/mol. The van der Waals surface area contributed by atoms with Crippen LogP contribution in [-0.2, 0) is 11.2 Å². The molecule has 3 aromatic rings. The number of nitrogens with zero attached hydrogens (tertiary/aromatic N) is 1. The summed E-state index contributed by atoms with van der Waals surface area (Å²) in [6, 6.07) is 17.5. The minimum absolute atomic E-state index is 0.257. The molecule has 0 aliphatic carbocycles. The second kappa shape index (κ2) is 7.17. The number of thiazole rings is 1. The molecule has 0 unspecified atom stereocenters. The van der Waals surface area contributed by atoms with Gasteiger partial charge in [0, 0.05) is 17.5 Å². The Morgan fingerprint density at radius 2 is 1.77 bits per heavy atom. The SMILES string of the molecule is C[C@H]1Oc2ccccc2O[C@H]1C(=O)Nc1ncc(Cc2ccccc2)s1. The van der Waals surface area contributed by atoms with Crippen molar-refractivity contribution in [3.63, 3.8) is 0 Å². The fraction of sp³-hybridized carbons (Fsp3) is 0.200. The largest absolute Gasteiger partial charge is 0.482 e. The quantitative estimate of drug-likeness (QED) is 0.761. The third kappa shape index (κ3) is 3.55. The molecule has 0 saturated heterocycles. The van der Waals surface area contributed by atoms with Crippen molar-refractivity contribution < 1.29 is 14.3 Å². The van der Waals surface area contributed by atoms with Crippen molar-refractivity contribution in [3.05, 3.63) is 71.2 Å². The second-order valence-electron chi connectivity index (χ2n) is 6.09. The van der Waals surface area contributed by atoms with E-state index in [9.17, 15) is 4.79 Å². The Morgan fingerprint density at radius 3 is 2.54 bits per heavy atom. The van der Waals surface area contributed by atoms with Gasteiger partial charge in [-0.15, -0.1) is 11.3 Å². The third-order valence-electron chi connectivity index (χ3n) is 4.11. The van der Waals surface area contributed by atoms with Crippen molar-refractivity contribution in [3.8, 4) is 11.5 Å². The van der Waals surface area contributed by atoms with Gasteiger partial charge in [0.05, 0.1) is 0 Å². The minimum atomic E-state index is -0.716. The summed E-state index contributed by atoms with van der Waals surface area (Å²) in [6.07, 6.45) is 1.49. The molecule has 4 rings (SSSR count). The molecule has 0 bridgehead atoms. The lowest BCUT2D eigenvalue weighted by atomic mass is 10.1. The number of ether oxygens (including phenoxy) is 2. The standard InChI is InChI=1S/C20H18N2O3S/c1-13-18(25-17-10-6-5-9-16(17)24-13)19(23)22-20-21-12-15(26-20)11-14-7-3-2-4-8-14/h2-10,12-13,18H,11H2,1H3,(H,21,22,23)/t13-,18-/m1/s1. The van der Waals surface area contributed by atoms with Gasteiger partial charge in [0.25, 0.3) is 5.91 Å². The van der Waals surface area contributed by atoms with Gasteiger partial charge in [0.15, 0.2) is 16.6 Å². The van der Waals surface area contributed by atoms with Crippen LogP contribution in [0.5, 0.6) is 11.5 Å². The van der Waals surface area contributed by atoms with Crippen molar-refractivity contribution >= 4 is 22.4 Å². The van der Waals surface area contributed by atoms with Crippen LogP contribution in [0.15, 0.2) is 60.8 Å². The molecule has 1 aromatic heterocycles. The maximum atomic E-state index is 12.6. The Kier molecular flexibility index (Phi) is 4.58. The van der Waals surface area contributed by atoms with Gasteiger partial charge in [-0.05, 0) is 24.6 Å².